The van der Waals surface area contributed by atoms with E-state index >= 15 is 0 Å². The largest absolute Gasteiger partial charge is 0.508 e. The van der Waals surface area contributed by atoms with Gasteiger partial charge in [0.05, 0.1) is 24.9 Å². The number of nitrogens with zero attached hydrogens (tertiary/aromatic N) is 5. The number of hydrogen-bond donors (Lipinski definition) is 11. The van der Waals surface area contributed by atoms with Crippen molar-refractivity contribution < 1.29 is 53.6 Å². The number of anilines is 2. The molecular formula is C57H81N13O11. The third kappa shape index (κ3) is 16.9. The summed E-state index contributed by atoms with van der Waals surface area (Å²) in [7, 11) is 0. The smallest absolute Gasteiger partial charge is 0.260 e. The zero-order valence-corrected chi connectivity index (χ0v) is 46.3. The van der Waals surface area contributed by atoms with E-state index in [-0.39, 0.29) is 75.4 Å². The number of aliphatic imine (C=N–C) groups is 1. The Hall–Kier alpha value is -7.70. The lowest BCUT2D eigenvalue weighted by molar-refractivity contribution is -0.145. The maximum Gasteiger partial charge on any atom is 0.260 e. The van der Waals surface area contributed by atoms with Crippen molar-refractivity contribution in [2.24, 2.45) is 22.2 Å². The number of carbonyl (C=O) groups excluding carboxylic acids is 7. The number of carbonyl (C=O) groups is 7. The van der Waals surface area contributed by atoms with Crippen LogP contribution >= 0.6 is 0 Å². The molecule has 4 fully saturated rings. The van der Waals surface area contributed by atoms with Crippen molar-refractivity contribution >= 4 is 58.7 Å². The Kier molecular flexibility index (Phi) is 21.9. The number of hydrogen-bond acceptors (Lipinski definition) is 15. The van der Waals surface area contributed by atoms with Crippen LogP contribution in [-0.4, -0.2) is 179 Å². The standard InChI is InChI=1S/C57H81N13O11/c1-3-4-5-6-7-8-30-81-43-22-18-40(19-23-43)68-28-26-67(27-29-68)39-16-14-37(15-17-39)50(74)63-44-10-9-25-61-53(77)46-31-38(62-57(59)60)33-69(46)56(80)49(58)66-52(76)45(24-13-36-11-20-41(72)21-12-36)64-54(78)47-32-42(73)34-70(47)55(79)48(35(2)71)65-51(44)75/h11-12,14-23,35,38,42,44-49,71-73H,3-10,13,24-34,58H2,1-2H3,(H,61,77)(H,63,74)(H,64,78)(H,65,75)(H,66,76)(H4,59,60,62)/t35-,38+,42-,44+,45+,46+,47+,48+,49-/m1/s1. The number of nitrogens with one attached hydrogen (secondary N) is 5. The lowest BCUT2D eigenvalue weighted by Gasteiger charge is -2.37. The first kappa shape index (κ1) is 60.9. The SMILES string of the molecule is CCCCCCCCOc1ccc(N2CCN(c3ccc(C(=O)N[C@H]4CCCNC(=O)[C@@H]5C[C@H](N=C(N)N)CN5C(=O)[C@H](N)NC(=O)[C@H](CCc5ccc(O)cc5)NC(=O)[C@@H]5C[C@@H](O)CN5C(=O)[C@H]([C@@H](C)O)NC4=O)cc3)CC2)cc1. The molecule has 24 nitrogen and oxygen atoms in total. The molecule has 7 rings (SSSR count). The van der Waals surface area contributed by atoms with Crippen molar-refractivity contribution in [1.29, 1.82) is 0 Å². The molecule has 3 aromatic carbocycles. The third-order valence-corrected chi connectivity index (χ3v) is 15.3. The zero-order valence-electron chi connectivity index (χ0n) is 46.3. The Labute approximate surface area is 472 Å². The number of aryl methyl sites for hydroxylation is 1. The molecule has 3 aromatic rings. The first-order valence-electron chi connectivity index (χ1n) is 28.3. The number of unbranched alkanes of at least 4 members (excludes halogenated alkanes) is 5. The summed E-state index contributed by atoms with van der Waals surface area (Å²) in [6, 6.07) is 13.6. The number of fused-ring (bicyclic) bond motifs is 2. The first-order chi connectivity index (χ1) is 38.9. The number of piperazine rings is 1. The summed E-state index contributed by atoms with van der Waals surface area (Å²) in [6.45, 7) is 6.60. The van der Waals surface area contributed by atoms with E-state index in [1.54, 1.807) is 24.3 Å². The van der Waals surface area contributed by atoms with Gasteiger partial charge in [0, 0.05) is 75.6 Å². The van der Waals surface area contributed by atoms with Crippen LogP contribution in [0.15, 0.2) is 77.8 Å². The minimum atomic E-state index is -1.73. The Morgan fingerprint density at radius 2 is 1.37 bits per heavy atom. The third-order valence-electron chi connectivity index (χ3n) is 15.3. The predicted molar refractivity (Wildman–Crippen MR) is 304 cm³/mol. The number of aliphatic hydroxyl groups is 2. The molecule has 24 heteroatoms. The second kappa shape index (κ2) is 29.1. The number of benzene rings is 3. The number of nitrogens with two attached hydrogens (primary N) is 3. The summed E-state index contributed by atoms with van der Waals surface area (Å²) in [5.74, 6) is -5.06. The summed E-state index contributed by atoms with van der Waals surface area (Å²) in [6.07, 6.45) is 2.56. The highest BCUT2D eigenvalue weighted by atomic mass is 16.5. The van der Waals surface area contributed by atoms with E-state index in [0.29, 0.717) is 12.2 Å². The molecule has 9 atom stereocenters. The van der Waals surface area contributed by atoms with Gasteiger partial charge in [0.2, 0.25) is 29.5 Å². The van der Waals surface area contributed by atoms with Crippen LogP contribution in [0.4, 0.5) is 11.4 Å². The fraction of sp³-hybridized carbons (Fsp3) is 0.544. The van der Waals surface area contributed by atoms with E-state index < -0.39 is 96.0 Å². The zero-order chi connectivity index (χ0) is 58.2. The molecule has 0 radical (unpaired) electrons. The van der Waals surface area contributed by atoms with Gasteiger partial charge in [-0.3, -0.25) is 33.6 Å². The normalized spacial score (nSPS) is 24.9. The van der Waals surface area contributed by atoms with Crippen LogP contribution in [0, 0.1) is 0 Å². The predicted octanol–water partition coefficient (Wildman–Crippen LogP) is 0.0554. The highest BCUT2D eigenvalue weighted by Crippen LogP contribution is 2.26. The number of aliphatic hydroxyl groups excluding tert-OH is 2. The fourth-order valence-corrected chi connectivity index (χ4v) is 10.8. The molecule has 4 aliphatic rings. The van der Waals surface area contributed by atoms with Gasteiger partial charge in [-0.15, -0.1) is 0 Å². The highest BCUT2D eigenvalue weighted by molar-refractivity contribution is 6.00. The maximum absolute atomic E-state index is 14.4. The summed E-state index contributed by atoms with van der Waals surface area (Å²) < 4.78 is 5.99. The highest BCUT2D eigenvalue weighted by Gasteiger charge is 2.45. The van der Waals surface area contributed by atoms with E-state index in [0.717, 1.165) is 59.5 Å². The van der Waals surface area contributed by atoms with Gasteiger partial charge in [-0.2, -0.15) is 0 Å². The van der Waals surface area contributed by atoms with Crippen molar-refractivity contribution in [3.05, 3.63) is 83.9 Å². The van der Waals surface area contributed by atoms with E-state index in [1.807, 2.05) is 24.3 Å². The quantitative estimate of drug-likeness (QED) is 0.0484. The Bertz CT molecular complexity index is 2650. The molecule has 4 heterocycles. The molecule has 14 N–H and O–H groups in total. The van der Waals surface area contributed by atoms with Crippen LogP contribution < -0.4 is 58.3 Å². The molecule has 81 heavy (non-hydrogen) atoms. The second-order valence-corrected chi connectivity index (χ2v) is 21.4. The lowest BCUT2D eigenvalue weighted by atomic mass is 10.0. The Balaban J connectivity index is 1.05. The molecule has 0 unspecified atom stereocenters. The number of amides is 7. The van der Waals surface area contributed by atoms with Gasteiger partial charge in [0.25, 0.3) is 11.8 Å². The van der Waals surface area contributed by atoms with Gasteiger partial charge in [0.15, 0.2) is 12.1 Å². The molecule has 0 aliphatic carbocycles. The summed E-state index contributed by atoms with van der Waals surface area (Å²) in [5.41, 5.74) is 20.6. The van der Waals surface area contributed by atoms with Gasteiger partial charge in [-0.05, 0) is 105 Å². The van der Waals surface area contributed by atoms with Gasteiger partial charge in [0.1, 0.15) is 41.7 Å². The Morgan fingerprint density at radius 1 is 0.753 bits per heavy atom. The molecule has 0 saturated carbocycles. The average molecular weight is 1120 g/mol. The number of rotatable bonds is 17. The molecule has 4 saturated heterocycles. The fourth-order valence-electron chi connectivity index (χ4n) is 10.8. The van der Waals surface area contributed by atoms with Crippen LogP contribution in [0.25, 0.3) is 0 Å². The minimum Gasteiger partial charge on any atom is -0.508 e. The molecule has 7 amide bonds. The molecular weight excluding hydrogens is 1040 g/mol. The number of aromatic hydroxyl groups is 1. The lowest BCUT2D eigenvalue weighted by Crippen LogP contribution is -2.61. The molecule has 4 aliphatic heterocycles. The van der Waals surface area contributed by atoms with Crippen LogP contribution in [0.5, 0.6) is 11.5 Å². The number of guanidine groups is 1. The van der Waals surface area contributed by atoms with Crippen molar-refractivity contribution in [2.75, 3.05) is 62.2 Å². The van der Waals surface area contributed by atoms with Crippen LogP contribution in [0.3, 0.4) is 0 Å². The molecule has 0 spiro atoms. The van der Waals surface area contributed by atoms with Crippen LogP contribution in [-0.2, 0) is 35.2 Å². The second-order valence-electron chi connectivity index (χ2n) is 21.4. The molecule has 440 valence electrons. The van der Waals surface area contributed by atoms with Gasteiger partial charge >= 0.3 is 0 Å². The number of phenols is 1. The maximum atomic E-state index is 14.4. The van der Waals surface area contributed by atoms with E-state index in [9.17, 15) is 48.9 Å². The minimum absolute atomic E-state index is 0.00446. The van der Waals surface area contributed by atoms with Crippen LogP contribution in [0.2, 0.25) is 0 Å². The summed E-state index contributed by atoms with van der Waals surface area (Å²) in [4.78, 5) is 110. The first-order valence-corrected chi connectivity index (χ1v) is 28.3. The Morgan fingerprint density at radius 3 is 2.01 bits per heavy atom. The van der Waals surface area contributed by atoms with Crippen molar-refractivity contribution in [2.45, 2.75) is 146 Å². The van der Waals surface area contributed by atoms with Crippen molar-refractivity contribution in [3.8, 4) is 11.5 Å². The summed E-state index contributed by atoms with van der Waals surface area (Å²) in [5, 5.41) is 45.0. The number of ether oxygens (including phenoxy) is 1. The molecule has 0 aromatic heterocycles. The molecule has 0 bridgehead atoms. The number of phenolic OH excluding ortho intramolecular Hbond substituents is 1. The van der Waals surface area contributed by atoms with Crippen LogP contribution in [0.1, 0.15) is 100 Å². The van der Waals surface area contributed by atoms with Crippen molar-refractivity contribution in [3.63, 3.8) is 0 Å². The van der Waals surface area contributed by atoms with E-state index in [4.69, 9.17) is 21.9 Å². The van der Waals surface area contributed by atoms with E-state index in [1.165, 1.54) is 51.2 Å². The monoisotopic (exact) mass is 1120 g/mol. The topological polar surface area (TPSA) is 353 Å². The van der Waals surface area contributed by atoms with E-state index in [2.05, 4.69) is 60.4 Å². The van der Waals surface area contributed by atoms with Crippen molar-refractivity contribution in [1.82, 2.24) is 36.4 Å². The van der Waals surface area contributed by atoms with Gasteiger partial charge < -0.3 is 83.4 Å². The van der Waals surface area contributed by atoms with Gasteiger partial charge in [-0.1, -0.05) is 51.2 Å². The van der Waals surface area contributed by atoms with Gasteiger partial charge in [-0.25, -0.2) is 4.99 Å². The summed E-state index contributed by atoms with van der Waals surface area (Å²) >= 11 is 0. The average Bonchev–Trinajstić information content (AvgIpc) is 4.15.